The molecule has 0 aliphatic rings. The fourth-order valence-corrected chi connectivity index (χ4v) is 3.70. The van der Waals surface area contributed by atoms with Crippen molar-refractivity contribution in [3.8, 4) is 0 Å². The number of imidazole rings is 1. The van der Waals surface area contributed by atoms with Crippen molar-refractivity contribution < 1.29 is 0 Å². The molecule has 0 spiro atoms. The van der Waals surface area contributed by atoms with E-state index in [4.69, 9.17) is 4.99 Å². The third kappa shape index (κ3) is 5.44. The van der Waals surface area contributed by atoms with Crippen LogP contribution in [0.1, 0.15) is 34.3 Å². The number of benzene rings is 1. The SMILES string of the molecule is CCNC(=NCc1cccc(Cn2ccnc2C)c1)NCc1sccc1C. The number of guanidine groups is 1. The standard InChI is InChI=1S/C21H27N5S/c1-4-22-21(25-14-20-16(2)8-11-27-20)24-13-18-6-5-7-19(12-18)15-26-10-9-23-17(26)3/h5-12H,4,13-15H2,1-3H3,(H2,22,24,25). The summed E-state index contributed by atoms with van der Waals surface area (Å²) in [5.41, 5.74) is 3.79. The molecule has 0 bridgehead atoms. The molecule has 0 unspecified atom stereocenters. The number of rotatable bonds is 7. The van der Waals surface area contributed by atoms with E-state index in [1.54, 1.807) is 11.3 Å². The highest BCUT2D eigenvalue weighted by Crippen LogP contribution is 2.15. The molecule has 2 heterocycles. The smallest absolute Gasteiger partial charge is 0.191 e. The van der Waals surface area contributed by atoms with Crippen molar-refractivity contribution in [2.24, 2.45) is 4.99 Å². The molecular weight excluding hydrogens is 354 g/mol. The van der Waals surface area contributed by atoms with E-state index >= 15 is 0 Å². The highest BCUT2D eigenvalue weighted by molar-refractivity contribution is 7.10. The quantitative estimate of drug-likeness (QED) is 0.483. The van der Waals surface area contributed by atoms with Gasteiger partial charge < -0.3 is 15.2 Å². The molecule has 27 heavy (non-hydrogen) atoms. The van der Waals surface area contributed by atoms with E-state index in [2.05, 4.69) is 69.7 Å². The Morgan fingerprint density at radius 1 is 1.19 bits per heavy atom. The fraction of sp³-hybridized carbons (Fsp3) is 0.333. The van der Waals surface area contributed by atoms with Gasteiger partial charge in [0.25, 0.3) is 0 Å². The van der Waals surface area contributed by atoms with Crippen LogP contribution >= 0.6 is 11.3 Å². The molecule has 2 N–H and O–H groups in total. The van der Waals surface area contributed by atoms with Crippen LogP contribution in [-0.2, 0) is 19.6 Å². The first-order valence-electron chi connectivity index (χ1n) is 9.26. The molecule has 3 aromatic rings. The van der Waals surface area contributed by atoms with Crippen LogP contribution in [0.3, 0.4) is 0 Å². The van der Waals surface area contributed by atoms with Gasteiger partial charge in [0.05, 0.1) is 13.1 Å². The molecule has 0 saturated carbocycles. The summed E-state index contributed by atoms with van der Waals surface area (Å²) in [6.07, 6.45) is 3.85. The Labute approximate surface area is 165 Å². The van der Waals surface area contributed by atoms with Crippen molar-refractivity contribution in [1.82, 2.24) is 20.2 Å². The van der Waals surface area contributed by atoms with Gasteiger partial charge in [-0.15, -0.1) is 11.3 Å². The molecule has 0 amide bonds. The van der Waals surface area contributed by atoms with Crippen LogP contribution in [0.25, 0.3) is 0 Å². The number of aryl methyl sites for hydroxylation is 2. The molecule has 142 valence electrons. The highest BCUT2D eigenvalue weighted by atomic mass is 32.1. The Hall–Kier alpha value is -2.60. The first-order chi connectivity index (χ1) is 13.2. The van der Waals surface area contributed by atoms with E-state index in [9.17, 15) is 0 Å². The Balaban J connectivity index is 1.64. The van der Waals surface area contributed by atoms with Gasteiger partial charge in [0.1, 0.15) is 5.82 Å². The third-order valence-electron chi connectivity index (χ3n) is 4.42. The van der Waals surface area contributed by atoms with Crippen molar-refractivity contribution >= 4 is 17.3 Å². The molecule has 1 aromatic carbocycles. The average molecular weight is 382 g/mol. The molecule has 0 radical (unpaired) electrons. The van der Waals surface area contributed by atoms with Crippen molar-refractivity contribution in [2.45, 2.75) is 40.4 Å². The second-order valence-electron chi connectivity index (χ2n) is 6.50. The van der Waals surface area contributed by atoms with Gasteiger partial charge in [0.2, 0.25) is 0 Å². The molecule has 0 aliphatic carbocycles. The summed E-state index contributed by atoms with van der Waals surface area (Å²) in [5, 5.41) is 8.88. The largest absolute Gasteiger partial charge is 0.357 e. The molecule has 0 saturated heterocycles. The first kappa shape index (κ1) is 19.2. The number of aromatic nitrogens is 2. The van der Waals surface area contributed by atoms with E-state index in [-0.39, 0.29) is 0 Å². The number of nitrogens with zero attached hydrogens (tertiary/aromatic N) is 3. The van der Waals surface area contributed by atoms with E-state index in [0.717, 1.165) is 31.4 Å². The summed E-state index contributed by atoms with van der Waals surface area (Å²) in [6.45, 7) is 9.38. The monoisotopic (exact) mass is 381 g/mol. The predicted octanol–water partition coefficient (Wildman–Crippen LogP) is 3.87. The Bertz CT molecular complexity index is 893. The zero-order valence-corrected chi connectivity index (χ0v) is 17.0. The van der Waals surface area contributed by atoms with Crippen molar-refractivity contribution in [1.29, 1.82) is 0 Å². The van der Waals surface area contributed by atoms with Crippen LogP contribution < -0.4 is 10.6 Å². The van der Waals surface area contributed by atoms with E-state index in [1.807, 2.05) is 19.3 Å². The van der Waals surface area contributed by atoms with Crippen LogP contribution in [0.4, 0.5) is 0 Å². The summed E-state index contributed by atoms with van der Waals surface area (Å²) in [4.78, 5) is 10.4. The molecular formula is C21H27N5S. The molecule has 0 fully saturated rings. The Morgan fingerprint density at radius 2 is 2.04 bits per heavy atom. The summed E-state index contributed by atoms with van der Waals surface area (Å²) in [6, 6.07) is 10.7. The minimum Gasteiger partial charge on any atom is -0.357 e. The van der Waals surface area contributed by atoms with E-state index in [0.29, 0.717) is 6.54 Å². The normalized spacial score (nSPS) is 11.6. The zero-order chi connectivity index (χ0) is 19.1. The molecule has 6 heteroatoms. The Kier molecular flexibility index (Phi) is 6.65. The third-order valence-corrected chi connectivity index (χ3v) is 5.44. The summed E-state index contributed by atoms with van der Waals surface area (Å²) >= 11 is 1.78. The molecule has 3 rings (SSSR count). The maximum atomic E-state index is 4.75. The average Bonchev–Trinajstić information content (AvgIpc) is 3.26. The summed E-state index contributed by atoms with van der Waals surface area (Å²) < 4.78 is 2.15. The number of nitrogens with one attached hydrogen (secondary N) is 2. The van der Waals surface area contributed by atoms with Gasteiger partial charge in [-0.1, -0.05) is 24.3 Å². The lowest BCUT2D eigenvalue weighted by Gasteiger charge is -2.11. The summed E-state index contributed by atoms with van der Waals surface area (Å²) in [7, 11) is 0. The molecule has 0 atom stereocenters. The molecule has 5 nitrogen and oxygen atoms in total. The van der Waals surface area contributed by atoms with Gasteiger partial charge >= 0.3 is 0 Å². The minimum absolute atomic E-state index is 0.648. The lowest BCUT2D eigenvalue weighted by molar-refractivity contribution is 0.760. The van der Waals surface area contributed by atoms with Crippen LogP contribution in [0.2, 0.25) is 0 Å². The number of aliphatic imine (C=N–C) groups is 1. The maximum Gasteiger partial charge on any atom is 0.191 e. The van der Waals surface area contributed by atoms with E-state index in [1.165, 1.54) is 21.6 Å². The van der Waals surface area contributed by atoms with Crippen molar-refractivity contribution in [3.63, 3.8) is 0 Å². The number of hydrogen-bond acceptors (Lipinski definition) is 3. The van der Waals surface area contributed by atoms with Crippen LogP contribution in [0.15, 0.2) is 53.1 Å². The van der Waals surface area contributed by atoms with Crippen molar-refractivity contribution in [2.75, 3.05) is 6.54 Å². The van der Waals surface area contributed by atoms with Crippen LogP contribution in [0.5, 0.6) is 0 Å². The number of hydrogen-bond donors (Lipinski definition) is 2. The van der Waals surface area contributed by atoms with Crippen LogP contribution in [0, 0.1) is 13.8 Å². The van der Waals surface area contributed by atoms with Crippen molar-refractivity contribution in [3.05, 3.63) is 75.5 Å². The topological polar surface area (TPSA) is 54.2 Å². The van der Waals surface area contributed by atoms with E-state index < -0.39 is 0 Å². The zero-order valence-electron chi connectivity index (χ0n) is 16.2. The van der Waals surface area contributed by atoms with Gasteiger partial charge in [-0.2, -0.15) is 0 Å². The first-order valence-corrected chi connectivity index (χ1v) is 10.1. The predicted molar refractivity (Wildman–Crippen MR) is 113 cm³/mol. The lowest BCUT2D eigenvalue weighted by atomic mass is 10.1. The minimum atomic E-state index is 0.648. The molecule has 2 aromatic heterocycles. The fourth-order valence-electron chi connectivity index (χ4n) is 2.86. The van der Waals surface area contributed by atoms with Crippen LogP contribution in [-0.4, -0.2) is 22.1 Å². The molecule has 0 aliphatic heterocycles. The van der Waals surface area contributed by atoms with Gasteiger partial charge in [0.15, 0.2) is 5.96 Å². The second-order valence-corrected chi connectivity index (χ2v) is 7.50. The maximum absolute atomic E-state index is 4.75. The van der Waals surface area contributed by atoms with Gasteiger partial charge in [-0.3, -0.25) is 0 Å². The number of thiophene rings is 1. The highest BCUT2D eigenvalue weighted by Gasteiger charge is 2.03. The Morgan fingerprint density at radius 3 is 2.74 bits per heavy atom. The van der Waals surface area contributed by atoms with Gasteiger partial charge in [-0.05, 0) is 48.9 Å². The van der Waals surface area contributed by atoms with Gasteiger partial charge in [0, 0.05) is 30.4 Å². The summed E-state index contributed by atoms with van der Waals surface area (Å²) in [5.74, 6) is 1.88. The lowest BCUT2D eigenvalue weighted by Crippen LogP contribution is -2.36. The van der Waals surface area contributed by atoms with Gasteiger partial charge in [-0.25, -0.2) is 9.98 Å². The second kappa shape index (κ2) is 9.37.